The van der Waals surface area contributed by atoms with Gasteiger partial charge in [0.15, 0.2) is 0 Å². The Morgan fingerprint density at radius 3 is 2.53 bits per heavy atom. The van der Waals surface area contributed by atoms with Gasteiger partial charge in [0.05, 0.1) is 12.5 Å². The molecule has 0 aromatic rings. The molecule has 2 saturated carbocycles. The fourth-order valence-electron chi connectivity index (χ4n) is 2.13. The zero-order chi connectivity index (χ0) is 10.7. The lowest BCUT2D eigenvalue weighted by Crippen LogP contribution is -2.35. The van der Waals surface area contributed by atoms with Crippen molar-refractivity contribution in [3.05, 3.63) is 0 Å². The minimum atomic E-state index is 0.289. The maximum Gasteiger partial charge on any atom is 0.223 e. The molecular formula is C12H18N2O. The molecule has 0 unspecified atom stereocenters. The molecule has 2 aliphatic rings. The monoisotopic (exact) mass is 206 g/mol. The molecule has 0 heterocycles. The zero-order valence-electron chi connectivity index (χ0n) is 9.11. The van der Waals surface area contributed by atoms with Crippen LogP contribution in [0.15, 0.2) is 0 Å². The average Bonchev–Trinajstić information content (AvgIpc) is 2.96. The van der Waals surface area contributed by atoms with Crippen LogP contribution >= 0.6 is 0 Å². The Bertz CT molecular complexity index is 274. The van der Waals surface area contributed by atoms with Gasteiger partial charge in [-0.1, -0.05) is 6.42 Å². The second-order valence-electron chi connectivity index (χ2n) is 4.73. The van der Waals surface area contributed by atoms with Gasteiger partial charge in [-0.25, -0.2) is 0 Å². The number of carbonyl (C=O) groups is 1. The molecule has 15 heavy (non-hydrogen) atoms. The molecule has 0 radical (unpaired) electrons. The van der Waals surface area contributed by atoms with Crippen LogP contribution in [-0.4, -0.2) is 23.4 Å². The number of hydrogen-bond donors (Lipinski definition) is 0. The van der Waals surface area contributed by atoms with Crippen molar-refractivity contribution in [1.82, 2.24) is 4.90 Å². The normalized spacial score (nSPS) is 20.5. The first kappa shape index (κ1) is 10.5. The number of amides is 1. The maximum absolute atomic E-state index is 12.0. The van der Waals surface area contributed by atoms with Crippen LogP contribution in [-0.2, 0) is 4.79 Å². The Balaban J connectivity index is 1.80. The first-order chi connectivity index (χ1) is 7.31. The summed E-state index contributed by atoms with van der Waals surface area (Å²) in [6, 6.07) is 2.59. The number of rotatable bonds is 5. The first-order valence-electron chi connectivity index (χ1n) is 5.97. The van der Waals surface area contributed by atoms with Crippen LogP contribution < -0.4 is 0 Å². The van der Waals surface area contributed by atoms with E-state index in [0.29, 0.717) is 24.9 Å². The standard InChI is InChI=1S/C12H18N2O/c13-7-2-8-14(11-5-6-11)12(15)9-10-3-1-4-10/h10-11H,1-6,8-9H2. The third-order valence-electron chi connectivity index (χ3n) is 3.46. The van der Waals surface area contributed by atoms with Gasteiger partial charge in [-0.05, 0) is 31.6 Å². The van der Waals surface area contributed by atoms with Gasteiger partial charge in [0.2, 0.25) is 5.91 Å². The lowest BCUT2D eigenvalue weighted by Gasteiger charge is -2.28. The molecule has 0 spiro atoms. The molecule has 0 saturated heterocycles. The third-order valence-corrected chi connectivity index (χ3v) is 3.46. The van der Waals surface area contributed by atoms with Crippen LogP contribution in [0.1, 0.15) is 44.9 Å². The summed E-state index contributed by atoms with van der Waals surface area (Å²) in [5.74, 6) is 0.929. The van der Waals surface area contributed by atoms with E-state index in [0.717, 1.165) is 19.3 Å². The van der Waals surface area contributed by atoms with E-state index in [1.54, 1.807) is 0 Å². The fraction of sp³-hybridized carbons (Fsp3) is 0.833. The lowest BCUT2D eigenvalue weighted by atomic mass is 9.82. The average molecular weight is 206 g/mol. The van der Waals surface area contributed by atoms with E-state index in [2.05, 4.69) is 6.07 Å². The summed E-state index contributed by atoms with van der Waals surface area (Å²) in [6.45, 7) is 0.646. The molecule has 0 aromatic heterocycles. The van der Waals surface area contributed by atoms with Crippen molar-refractivity contribution < 1.29 is 4.79 Å². The Morgan fingerprint density at radius 1 is 1.33 bits per heavy atom. The van der Waals surface area contributed by atoms with Crippen molar-refractivity contribution in [1.29, 1.82) is 5.26 Å². The van der Waals surface area contributed by atoms with Crippen molar-refractivity contribution in [2.75, 3.05) is 6.54 Å². The number of carbonyl (C=O) groups excluding carboxylic acids is 1. The van der Waals surface area contributed by atoms with Crippen molar-refractivity contribution in [3.8, 4) is 6.07 Å². The highest BCUT2D eigenvalue weighted by Gasteiger charge is 2.33. The number of nitrogens with zero attached hydrogens (tertiary/aromatic N) is 2. The Labute approximate surface area is 91.1 Å². The highest BCUT2D eigenvalue weighted by molar-refractivity contribution is 5.77. The minimum Gasteiger partial charge on any atom is -0.339 e. The summed E-state index contributed by atoms with van der Waals surface area (Å²) in [4.78, 5) is 13.9. The Kier molecular flexibility index (Phi) is 3.25. The molecule has 1 amide bonds. The van der Waals surface area contributed by atoms with Crippen molar-refractivity contribution in [2.45, 2.75) is 51.0 Å². The zero-order valence-corrected chi connectivity index (χ0v) is 9.11. The molecule has 0 bridgehead atoms. The van der Waals surface area contributed by atoms with Gasteiger partial charge in [0.1, 0.15) is 0 Å². The topological polar surface area (TPSA) is 44.1 Å². The van der Waals surface area contributed by atoms with Gasteiger partial charge in [-0.3, -0.25) is 4.79 Å². The summed E-state index contributed by atoms with van der Waals surface area (Å²) < 4.78 is 0. The summed E-state index contributed by atoms with van der Waals surface area (Å²) >= 11 is 0. The Morgan fingerprint density at radius 2 is 2.07 bits per heavy atom. The minimum absolute atomic E-state index is 0.289. The van der Waals surface area contributed by atoms with Crippen LogP contribution in [0.2, 0.25) is 0 Å². The molecule has 2 rings (SSSR count). The molecule has 0 aliphatic heterocycles. The van der Waals surface area contributed by atoms with Gasteiger partial charge in [0.25, 0.3) is 0 Å². The maximum atomic E-state index is 12.0. The molecular weight excluding hydrogens is 188 g/mol. The fourth-order valence-corrected chi connectivity index (χ4v) is 2.13. The summed E-state index contributed by atoms with van der Waals surface area (Å²) in [5, 5.41) is 8.55. The SMILES string of the molecule is N#CCCN(C(=O)CC1CCC1)C1CC1. The molecule has 2 fully saturated rings. The summed E-state index contributed by atoms with van der Waals surface area (Å²) in [6.07, 6.45) is 7.23. The summed E-state index contributed by atoms with van der Waals surface area (Å²) in [7, 11) is 0. The van der Waals surface area contributed by atoms with Gasteiger partial charge in [0, 0.05) is 19.0 Å². The highest BCUT2D eigenvalue weighted by atomic mass is 16.2. The molecule has 2 aliphatic carbocycles. The van der Waals surface area contributed by atoms with Gasteiger partial charge in [-0.15, -0.1) is 0 Å². The third kappa shape index (κ3) is 2.71. The van der Waals surface area contributed by atoms with Gasteiger partial charge >= 0.3 is 0 Å². The largest absolute Gasteiger partial charge is 0.339 e. The first-order valence-corrected chi connectivity index (χ1v) is 5.97. The van der Waals surface area contributed by atoms with E-state index in [1.807, 2.05) is 4.90 Å². The second kappa shape index (κ2) is 4.65. The number of hydrogen-bond acceptors (Lipinski definition) is 2. The lowest BCUT2D eigenvalue weighted by molar-refractivity contribution is -0.133. The smallest absolute Gasteiger partial charge is 0.223 e. The van der Waals surface area contributed by atoms with Gasteiger partial charge < -0.3 is 4.90 Å². The summed E-state index contributed by atoms with van der Waals surface area (Å²) in [5.41, 5.74) is 0. The van der Waals surface area contributed by atoms with Gasteiger partial charge in [-0.2, -0.15) is 5.26 Å². The molecule has 0 aromatic carbocycles. The number of nitriles is 1. The Hall–Kier alpha value is -1.04. The van der Waals surface area contributed by atoms with Crippen LogP contribution in [0.3, 0.4) is 0 Å². The van der Waals surface area contributed by atoms with E-state index in [4.69, 9.17) is 5.26 Å². The van der Waals surface area contributed by atoms with Crippen molar-refractivity contribution in [3.63, 3.8) is 0 Å². The molecule has 3 heteroatoms. The molecule has 82 valence electrons. The van der Waals surface area contributed by atoms with Crippen LogP contribution in [0.5, 0.6) is 0 Å². The van der Waals surface area contributed by atoms with Crippen LogP contribution in [0.25, 0.3) is 0 Å². The molecule has 0 N–H and O–H groups in total. The van der Waals surface area contributed by atoms with E-state index >= 15 is 0 Å². The van der Waals surface area contributed by atoms with E-state index < -0.39 is 0 Å². The highest BCUT2D eigenvalue weighted by Crippen LogP contribution is 2.33. The predicted molar refractivity (Wildman–Crippen MR) is 56.9 cm³/mol. The second-order valence-corrected chi connectivity index (χ2v) is 4.73. The van der Waals surface area contributed by atoms with Crippen LogP contribution in [0, 0.1) is 17.2 Å². The predicted octanol–water partition coefficient (Wildman–Crippen LogP) is 2.08. The quantitative estimate of drug-likeness (QED) is 0.691. The van der Waals surface area contributed by atoms with Crippen molar-refractivity contribution in [2.24, 2.45) is 5.92 Å². The van der Waals surface area contributed by atoms with E-state index in [9.17, 15) is 4.79 Å². The molecule has 3 nitrogen and oxygen atoms in total. The van der Waals surface area contributed by atoms with Crippen LogP contribution in [0.4, 0.5) is 0 Å². The van der Waals surface area contributed by atoms with E-state index in [-0.39, 0.29) is 5.91 Å². The molecule has 0 atom stereocenters. The van der Waals surface area contributed by atoms with E-state index in [1.165, 1.54) is 19.3 Å². The van der Waals surface area contributed by atoms with Crippen molar-refractivity contribution >= 4 is 5.91 Å².